The molecule has 0 aliphatic heterocycles. The van der Waals surface area contributed by atoms with Gasteiger partial charge in [-0.15, -0.1) is 0 Å². The molecule has 8 nitrogen and oxygen atoms in total. The van der Waals surface area contributed by atoms with Gasteiger partial charge < -0.3 is 14.6 Å². The van der Waals surface area contributed by atoms with Gasteiger partial charge in [0.15, 0.2) is 16.8 Å². The lowest BCUT2D eigenvalue weighted by Crippen LogP contribution is -2.27. The number of benzene rings is 1. The molecule has 0 saturated heterocycles. The van der Waals surface area contributed by atoms with Crippen LogP contribution >= 0.6 is 0 Å². The van der Waals surface area contributed by atoms with E-state index in [1.807, 2.05) is 12.1 Å². The van der Waals surface area contributed by atoms with E-state index in [1.165, 1.54) is 9.25 Å². The summed E-state index contributed by atoms with van der Waals surface area (Å²) in [6.45, 7) is 0.204. The number of pyridine rings is 1. The molecule has 1 N–H and O–H groups in total. The van der Waals surface area contributed by atoms with Crippen molar-refractivity contribution in [3.05, 3.63) is 51.9 Å². The molecule has 0 atom stereocenters. The van der Waals surface area contributed by atoms with E-state index in [-0.39, 0.29) is 12.1 Å². The van der Waals surface area contributed by atoms with E-state index >= 15 is 0 Å². The number of rotatable bonds is 4. The summed E-state index contributed by atoms with van der Waals surface area (Å²) in [4.78, 5) is 24.7. The van der Waals surface area contributed by atoms with Crippen LogP contribution in [0.2, 0.25) is 0 Å². The molecule has 0 amide bonds. The minimum absolute atomic E-state index is 0.163. The summed E-state index contributed by atoms with van der Waals surface area (Å²) in [5.74, 6) is -0.680. The van der Waals surface area contributed by atoms with Crippen LogP contribution in [0.25, 0.3) is 11.0 Å². The Labute approximate surface area is 142 Å². The number of hydrogen-bond donors (Lipinski definition) is 1. The first-order valence-corrected chi connectivity index (χ1v) is 7.46. The maximum absolute atomic E-state index is 12.8. The third-order valence-electron chi connectivity index (χ3n) is 3.91. The van der Waals surface area contributed by atoms with Crippen LogP contribution in [0.5, 0.6) is 11.5 Å². The van der Waals surface area contributed by atoms with E-state index in [2.05, 4.69) is 9.84 Å². The largest absolute Gasteiger partial charge is 0.505 e. The summed E-state index contributed by atoms with van der Waals surface area (Å²) in [5, 5.41) is 14.4. The number of carbonyl (C=O) groups is 1. The fraction of sp³-hybridized carbons (Fsp3) is 0.235. The van der Waals surface area contributed by atoms with Gasteiger partial charge in [0, 0.05) is 13.2 Å². The lowest BCUT2D eigenvalue weighted by atomic mass is 10.1. The van der Waals surface area contributed by atoms with E-state index in [1.54, 1.807) is 32.5 Å². The molecule has 0 unspecified atom stereocenters. The zero-order valence-electron chi connectivity index (χ0n) is 14.0. The van der Waals surface area contributed by atoms with E-state index in [0.29, 0.717) is 11.3 Å². The number of carbonyl (C=O) groups excluding carboxylic acids is 1. The Bertz CT molecular complexity index is 1000. The highest BCUT2D eigenvalue weighted by Crippen LogP contribution is 2.26. The predicted molar refractivity (Wildman–Crippen MR) is 90.1 cm³/mol. The van der Waals surface area contributed by atoms with Crippen LogP contribution in [0.15, 0.2) is 35.3 Å². The number of esters is 1. The summed E-state index contributed by atoms with van der Waals surface area (Å²) in [7, 11) is 4.39. The fourth-order valence-electron chi connectivity index (χ4n) is 2.66. The second kappa shape index (κ2) is 6.31. The molecule has 0 fully saturated rings. The van der Waals surface area contributed by atoms with Gasteiger partial charge in [-0.25, -0.2) is 4.79 Å². The van der Waals surface area contributed by atoms with Crippen LogP contribution in [-0.4, -0.2) is 39.6 Å². The summed E-state index contributed by atoms with van der Waals surface area (Å²) in [6.07, 6.45) is 1.61. The lowest BCUT2D eigenvalue weighted by molar-refractivity contribution is 0.0595. The Morgan fingerprint density at radius 1 is 1.24 bits per heavy atom. The molecule has 3 aromatic rings. The SMILES string of the molecule is COC(=O)c1c(O)c2nn(C)cc2n(Cc2ccc(OC)cc2)c1=O. The van der Waals surface area contributed by atoms with Crippen molar-refractivity contribution in [1.82, 2.24) is 14.3 Å². The first kappa shape index (κ1) is 16.6. The van der Waals surface area contributed by atoms with Crippen molar-refractivity contribution >= 4 is 17.0 Å². The standard InChI is InChI=1S/C17H17N3O5/c1-19-9-12-14(18-19)15(21)13(17(23)25-3)16(22)20(12)8-10-4-6-11(24-2)7-5-10/h4-7,9,21H,8H2,1-3H3. The van der Waals surface area contributed by atoms with Gasteiger partial charge >= 0.3 is 5.97 Å². The fourth-order valence-corrected chi connectivity index (χ4v) is 2.66. The number of ether oxygens (including phenoxy) is 2. The Morgan fingerprint density at radius 2 is 1.92 bits per heavy atom. The molecule has 8 heteroatoms. The zero-order chi connectivity index (χ0) is 18.1. The predicted octanol–water partition coefficient (Wildman–Crippen LogP) is 1.28. The van der Waals surface area contributed by atoms with Crippen molar-refractivity contribution in [3.63, 3.8) is 0 Å². The van der Waals surface area contributed by atoms with Crippen molar-refractivity contribution in [2.24, 2.45) is 7.05 Å². The highest BCUT2D eigenvalue weighted by atomic mass is 16.5. The quantitative estimate of drug-likeness (QED) is 0.717. The molecule has 130 valence electrons. The number of methoxy groups -OCH3 is 2. The first-order valence-electron chi connectivity index (χ1n) is 7.46. The molecule has 0 bridgehead atoms. The number of aromatic nitrogens is 3. The normalized spacial score (nSPS) is 10.8. The van der Waals surface area contributed by atoms with E-state index in [0.717, 1.165) is 12.7 Å². The van der Waals surface area contributed by atoms with Gasteiger partial charge in [0.25, 0.3) is 5.56 Å². The van der Waals surface area contributed by atoms with Gasteiger partial charge in [-0.1, -0.05) is 12.1 Å². The summed E-state index contributed by atoms with van der Waals surface area (Å²) < 4.78 is 12.6. The number of hydrogen-bond acceptors (Lipinski definition) is 6. The molecular formula is C17H17N3O5. The van der Waals surface area contributed by atoms with Gasteiger partial charge in [0.2, 0.25) is 0 Å². The van der Waals surface area contributed by atoms with Crippen molar-refractivity contribution in [1.29, 1.82) is 0 Å². The van der Waals surface area contributed by atoms with Crippen LogP contribution in [0.3, 0.4) is 0 Å². The van der Waals surface area contributed by atoms with Gasteiger partial charge in [0.1, 0.15) is 5.75 Å². The van der Waals surface area contributed by atoms with Crippen molar-refractivity contribution < 1.29 is 19.4 Å². The maximum atomic E-state index is 12.8. The number of aryl methyl sites for hydroxylation is 1. The number of nitrogens with zero attached hydrogens (tertiary/aromatic N) is 3. The Balaban J connectivity index is 2.21. The van der Waals surface area contributed by atoms with Crippen LogP contribution in [0, 0.1) is 0 Å². The van der Waals surface area contributed by atoms with E-state index in [9.17, 15) is 14.7 Å². The van der Waals surface area contributed by atoms with E-state index in [4.69, 9.17) is 4.74 Å². The van der Waals surface area contributed by atoms with Crippen LogP contribution in [0.1, 0.15) is 15.9 Å². The molecule has 3 rings (SSSR count). The summed E-state index contributed by atoms with van der Waals surface area (Å²) >= 11 is 0. The molecule has 25 heavy (non-hydrogen) atoms. The Hall–Kier alpha value is -3.29. The van der Waals surface area contributed by atoms with Gasteiger partial charge in [-0.3, -0.25) is 14.0 Å². The molecular weight excluding hydrogens is 326 g/mol. The molecule has 2 heterocycles. The van der Waals surface area contributed by atoms with Crippen LogP contribution in [-0.2, 0) is 18.3 Å². The van der Waals surface area contributed by atoms with Crippen molar-refractivity contribution in [2.45, 2.75) is 6.54 Å². The first-order chi connectivity index (χ1) is 12.0. The van der Waals surface area contributed by atoms with Crippen LogP contribution in [0.4, 0.5) is 0 Å². The molecule has 1 aromatic carbocycles. The molecule has 0 spiro atoms. The second-order valence-corrected chi connectivity index (χ2v) is 5.49. The molecule has 0 saturated carbocycles. The third-order valence-corrected chi connectivity index (χ3v) is 3.91. The van der Waals surface area contributed by atoms with Crippen molar-refractivity contribution in [3.8, 4) is 11.5 Å². The van der Waals surface area contributed by atoms with Gasteiger partial charge in [-0.2, -0.15) is 5.10 Å². The van der Waals surface area contributed by atoms with Gasteiger partial charge in [-0.05, 0) is 17.7 Å². The van der Waals surface area contributed by atoms with E-state index < -0.39 is 22.8 Å². The molecule has 2 aromatic heterocycles. The van der Waals surface area contributed by atoms with Crippen molar-refractivity contribution in [2.75, 3.05) is 14.2 Å². The van der Waals surface area contributed by atoms with Gasteiger partial charge in [0.05, 0.1) is 26.3 Å². The second-order valence-electron chi connectivity index (χ2n) is 5.49. The summed E-state index contributed by atoms with van der Waals surface area (Å²) in [6, 6.07) is 7.20. The third kappa shape index (κ3) is 2.82. The smallest absolute Gasteiger partial charge is 0.347 e. The molecule has 0 aliphatic carbocycles. The van der Waals surface area contributed by atoms with Crippen LogP contribution < -0.4 is 10.3 Å². The summed E-state index contributed by atoms with van der Waals surface area (Å²) in [5.41, 5.74) is 0.349. The Kier molecular flexibility index (Phi) is 4.18. The number of fused-ring (bicyclic) bond motifs is 1. The maximum Gasteiger partial charge on any atom is 0.347 e. The topological polar surface area (TPSA) is 95.6 Å². The molecule has 0 radical (unpaired) electrons. The monoisotopic (exact) mass is 343 g/mol. The minimum atomic E-state index is -0.904. The lowest BCUT2D eigenvalue weighted by Gasteiger charge is -2.11. The molecule has 0 aliphatic rings. The number of aromatic hydroxyl groups is 1. The average Bonchev–Trinajstić information content (AvgIpc) is 3.01. The highest BCUT2D eigenvalue weighted by Gasteiger charge is 2.24. The minimum Gasteiger partial charge on any atom is -0.505 e. The Morgan fingerprint density at radius 3 is 2.52 bits per heavy atom. The average molecular weight is 343 g/mol. The highest BCUT2D eigenvalue weighted by molar-refractivity contribution is 5.98. The zero-order valence-corrected chi connectivity index (χ0v) is 14.0.